The Morgan fingerprint density at radius 1 is 1.00 bits per heavy atom. The summed E-state index contributed by atoms with van der Waals surface area (Å²) in [6.07, 6.45) is 0. The van der Waals surface area contributed by atoms with Gasteiger partial charge >= 0.3 is 0 Å². The Balaban J connectivity index is 1.91. The van der Waals surface area contributed by atoms with Crippen LogP contribution in [0.2, 0.25) is 0 Å². The van der Waals surface area contributed by atoms with Crippen molar-refractivity contribution < 1.29 is 17.9 Å². The van der Waals surface area contributed by atoms with E-state index in [0.717, 1.165) is 16.9 Å². The van der Waals surface area contributed by atoms with E-state index in [1.165, 1.54) is 12.1 Å². The SMILES string of the molecule is COc1cccc(-c2ccc3c(C(N)=O)nn(-c4ccc(S(N)(=O)=O)cc4)c3c2)c1. The number of sulfonamides is 1. The second-order valence-corrected chi connectivity index (χ2v) is 8.19. The lowest BCUT2D eigenvalue weighted by atomic mass is 10.0. The van der Waals surface area contributed by atoms with Crippen LogP contribution < -0.4 is 15.6 Å². The van der Waals surface area contributed by atoms with Gasteiger partial charge in [-0.25, -0.2) is 18.2 Å². The molecule has 0 aliphatic rings. The quantitative estimate of drug-likeness (QED) is 0.510. The Kier molecular flexibility index (Phi) is 4.76. The Labute approximate surface area is 172 Å². The largest absolute Gasteiger partial charge is 0.497 e. The van der Waals surface area contributed by atoms with E-state index in [9.17, 15) is 13.2 Å². The van der Waals surface area contributed by atoms with Crippen LogP contribution in [0.3, 0.4) is 0 Å². The molecule has 0 bridgehead atoms. The predicted molar refractivity (Wildman–Crippen MR) is 113 cm³/mol. The van der Waals surface area contributed by atoms with Crippen LogP contribution in [0, 0.1) is 0 Å². The van der Waals surface area contributed by atoms with Crippen molar-refractivity contribution in [1.82, 2.24) is 9.78 Å². The summed E-state index contributed by atoms with van der Waals surface area (Å²) in [6.45, 7) is 0. The maximum Gasteiger partial charge on any atom is 0.269 e. The lowest BCUT2D eigenvalue weighted by molar-refractivity contribution is 0.0996. The van der Waals surface area contributed by atoms with E-state index in [1.54, 1.807) is 30.0 Å². The van der Waals surface area contributed by atoms with Crippen LogP contribution in [0.15, 0.2) is 71.6 Å². The summed E-state index contributed by atoms with van der Waals surface area (Å²) in [4.78, 5) is 11.9. The zero-order chi connectivity index (χ0) is 21.5. The van der Waals surface area contributed by atoms with Gasteiger partial charge in [0.2, 0.25) is 10.0 Å². The molecule has 0 radical (unpaired) electrons. The number of nitrogens with zero attached hydrogens (tertiary/aromatic N) is 2. The first-order valence-electron chi connectivity index (χ1n) is 8.88. The number of methoxy groups -OCH3 is 1. The summed E-state index contributed by atoms with van der Waals surface area (Å²) in [5, 5.41) is 10.1. The minimum absolute atomic E-state index is 0.0186. The molecule has 1 aromatic heterocycles. The molecule has 0 atom stereocenters. The number of nitrogens with two attached hydrogens (primary N) is 2. The number of amides is 1. The van der Waals surface area contributed by atoms with E-state index >= 15 is 0 Å². The number of carbonyl (C=O) groups excluding carboxylic acids is 1. The smallest absolute Gasteiger partial charge is 0.269 e. The summed E-state index contributed by atoms with van der Waals surface area (Å²) < 4.78 is 29.9. The van der Waals surface area contributed by atoms with Crippen molar-refractivity contribution in [3.8, 4) is 22.6 Å². The maximum absolute atomic E-state index is 11.9. The number of primary sulfonamides is 1. The van der Waals surface area contributed by atoms with E-state index in [-0.39, 0.29) is 10.6 Å². The van der Waals surface area contributed by atoms with Crippen LogP contribution in [0.1, 0.15) is 10.5 Å². The molecule has 0 fully saturated rings. The number of carbonyl (C=O) groups is 1. The van der Waals surface area contributed by atoms with Crippen LogP contribution in [0.25, 0.3) is 27.7 Å². The number of rotatable bonds is 5. The molecule has 0 saturated heterocycles. The highest BCUT2D eigenvalue weighted by atomic mass is 32.2. The molecule has 4 N–H and O–H groups in total. The minimum atomic E-state index is -3.82. The van der Waals surface area contributed by atoms with Crippen LogP contribution in [0.5, 0.6) is 5.75 Å². The highest BCUT2D eigenvalue weighted by molar-refractivity contribution is 7.89. The van der Waals surface area contributed by atoms with Gasteiger partial charge in [-0.05, 0) is 59.7 Å². The first kappa shape index (κ1) is 19.6. The van der Waals surface area contributed by atoms with E-state index in [0.29, 0.717) is 16.6 Å². The van der Waals surface area contributed by atoms with Gasteiger partial charge in [0.1, 0.15) is 5.75 Å². The van der Waals surface area contributed by atoms with Crippen molar-refractivity contribution in [2.75, 3.05) is 7.11 Å². The fraction of sp³-hybridized carbons (Fsp3) is 0.0476. The molecular weight excluding hydrogens is 404 g/mol. The molecule has 1 amide bonds. The van der Waals surface area contributed by atoms with Crippen LogP contribution in [-0.4, -0.2) is 31.2 Å². The van der Waals surface area contributed by atoms with E-state index in [2.05, 4.69) is 5.10 Å². The van der Waals surface area contributed by atoms with E-state index in [1.807, 2.05) is 36.4 Å². The maximum atomic E-state index is 11.9. The Morgan fingerprint density at radius 2 is 1.70 bits per heavy atom. The van der Waals surface area contributed by atoms with Gasteiger partial charge in [0.05, 0.1) is 23.2 Å². The first-order chi connectivity index (χ1) is 14.3. The fourth-order valence-electron chi connectivity index (χ4n) is 3.25. The third-order valence-corrected chi connectivity index (χ3v) is 5.66. The van der Waals surface area contributed by atoms with Crippen molar-refractivity contribution in [1.29, 1.82) is 0 Å². The highest BCUT2D eigenvalue weighted by Gasteiger charge is 2.17. The number of hydrogen-bond acceptors (Lipinski definition) is 5. The van der Waals surface area contributed by atoms with Gasteiger partial charge in [-0.1, -0.05) is 18.2 Å². The standard InChI is InChI=1S/C21H18N4O4S/c1-29-16-4-2-3-13(11-16)14-5-10-18-19(12-14)25(24-20(18)21(22)26)15-6-8-17(9-7-15)30(23,27)28/h2-12H,1H3,(H2,22,26)(H2,23,27,28). The van der Waals surface area contributed by atoms with Gasteiger partial charge in [0.25, 0.3) is 5.91 Å². The van der Waals surface area contributed by atoms with E-state index in [4.69, 9.17) is 15.6 Å². The molecule has 152 valence electrons. The fourth-order valence-corrected chi connectivity index (χ4v) is 3.77. The van der Waals surface area contributed by atoms with Gasteiger partial charge in [-0.2, -0.15) is 5.10 Å². The number of benzene rings is 3. The molecule has 4 rings (SSSR count). The van der Waals surface area contributed by atoms with Gasteiger partial charge in [0.15, 0.2) is 5.69 Å². The van der Waals surface area contributed by atoms with Crippen molar-refractivity contribution in [3.05, 3.63) is 72.4 Å². The van der Waals surface area contributed by atoms with Gasteiger partial charge in [-0.3, -0.25) is 4.79 Å². The van der Waals surface area contributed by atoms with Crippen molar-refractivity contribution >= 4 is 26.8 Å². The number of ether oxygens (including phenoxy) is 1. The normalized spacial score (nSPS) is 11.5. The average Bonchev–Trinajstić information content (AvgIpc) is 3.12. The first-order valence-corrected chi connectivity index (χ1v) is 10.4. The molecule has 0 saturated carbocycles. The zero-order valence-electron chi connectivity index (χ0n) is 15.9. The molecule has 0 unspecified atom stereocenters. The number of fused-ring (bicyclic) bond motifs is 1. The number of aromatic nitrogens is 2. The topological polar surface area (TPSA) is 130 Å². The molecule has 4 aromatic rings. The van der Waals surface area contributed by atoms with Crippen molar-refractivity contribution in [3.63, 3.8) is 0 Å². The second-order valence-electron chi connectivity index (χ2n) is 6.63. The molecule has 0 aliphatic carbocycles. The molecule has 9 heteroatoms. The average molecular weight is 422 g/mol. The van der Waals surface area contributed by atoms with Crippen molar-refractivity contribution in [2.45, 2.75) is 4.90 Å². The Morgan fingerprint density at radius 3 is 2.33 bits per heavy atom. The van der Waals surface area contributed by atoms with Crippen LogP contribution in [0.4, 0.5) is 0 Å². The molecule has 8 nitrogen and oxygen atoms in total. The highest BCUT2D eigenvalue weighted by Crippen LogP contribution is 2.30. The predicted octanol–water partition coefficient (Wildman–Crippen LogP) is 2.45. The molecule has 30 heavy (non-hydrogen) atoms. The number of hydrogen-bond donors (Lipinski definition) is 2. The molecule has 0 spiro atoms. The van der Waals surface area contributed by atoms with Gasteiger partial charge < -0.3 is 10.5 Å². The number of primary amides is 1. The second kappa shape index (κ2) is 7.29. The van der Waals surface area contributed by atoms with Gasteiger partial charge in [0, 0.05) is 5.39 Å². The van der Waals surface area contributed by atoms with Crippen LogP contribution >= 0.6 is 0 Å². The van der Waals surface area contributed by atoms with Crippen LogP contribution in [-0.2, 0) is 10.0 Å². The van der Waals surface area contributed by atoms with Gasteiger partial charge in [-0.15, -0.1) is 0 Å². The lowest BCUT2D eigenvalue weighted by Gasteiger charge is -2.08. The summed E-state index contributed by atoms with van der Waals surface area (Å²) in [5.74, 6) is 0.0616. The summed E-state index contributed by atoms with van der Waals surface area (Å²) in [7, 11) is -2.22. The Bertz CT molecular complexity index is 1380. The third-order valence-electron chi connectivity index (χ3n) is 4.73. The minimum Gasteiger partial charge on any atom is -0.497 e. The van der Waals surface area contributed by atoms with Crippen molar-refractivity contribution in [2.24, 2.45) is 10.9 Å². The molecule has 0 aliphatic heterocycles. The molecule has 1 heterocycles. The monoisotopic (exact) mass is 422 g/mol. The molecule has 3 aromatic carbocycles. The summed E-state index contributed by atoms with van der Waals surface area (Å²) >= 11 is 0. The Hall–Kier alpha value is -3.69. The lowest BCUT2D eigenvalue weighted by Crippen LogP contribution is -2.13. The third kappa shape index (κ3) is 3.51. The summed E-state index contributed by atoms with van der Waals surface area (Å²) in [6, 6.07) is 19.0. The molecular formula is C21H18N4O4S. The summed E-state index contributed by atoms with van der Waals surface area (Å²) in [5.41, 5.74) is 8.65. The van der Waals surface area contributed by atoms with E-state index < -0.39 is 15.9 Å². The zero-order valence-corrected chi connectivity index (χ0v) is 16.8.